The molecule has 0 saturated heterocycles. The lowest BCUT2D eigenvalue weighted by atomic mass is 10.1. The van der Waals surface area contributed by atoms with Crippen molar-refractivity contribution in [3.05, 3.63) is 34.9 Å². The first-order valence-corrected chi connectivity index (χ1v) is 6.51. The third-order valence-electron chi connectivity index (χ3n) is 2.55. The van der Waals surface area contributed by atoms with E-state index in [1.807, 2.05) is 18.2 Å². The van der Waals surface area contributed by atoms with Crippen LogP contribution in [0.4, 0.5) is 0 Å². The van der Waals surface area contributed by atoms with E-state index >= 15 is 0 Å². The maximum absolute atomic E-state index is 11.5. The van der Waals surface area contributed by atoms with E-state index in [2.05, 4.69) is 6.92 Å². The van der Waals surface area contributed by atoms with Gasteiger partial charge in [-0.15, -0.1) is 0 Å². The van der Waals surface area contributed by atoms with E-state index < -0.39 is 0 Å². The van der Waals surface area contributed by atoms with Crippen LogP contribution in [0.15, 0.2) is 24.3 Å². The van der Waals surface area contributed by atoms with Gasteiger partial charge in [-0.2, -0.15) is 0 Å². The molecule has 0 amide bonds. The van der Waals surface area contributed by atoms with Crippen molar-refractivity contribution in [2.45, 2.75) is 39.0 Å². The summed E-state index contributed by atoms with van der Waals surface area (Å²) in [5.41, 5.74) is 0.827. The molecule has 0 saturated carbocycles. The fourth-order valence-electron chi connectivity index (χ4n) is 1.56. The van der Waals surface area contributed by atoms with E-state index in [9.17, 15) is 4.79 Å². The van der Waals surface area contributed by atoms with Crippen LogP contribution in [0.5, 0.6) is 0 Å². The summed E-state index contributed by atoms with van der Waals surface area (Å²) in [4.78, 5) is 11.5. The van der Waals surface area contributed by atoms with Crippen molar-refractivity contribution >= 4 is 17.6 Å². The van der Waals surface area contributed by atoms with Gasteiger partial charge < -0.3 is 4.74 Å². The fourth-order valence-corrected chi connectivity index (χ4v) is 1.77. The van der Waals surface area contributed by atoms with Crippen molar-refractivity contribution in [1.82, 2.24) is 0 Å². The van der Waals surface area contributed by atoms with E-state index in [1.165, 1.54) is 12.8 Å². The molecule has 0 bridgehead atoms. The lowest BCUT2D eigenvalue weighted by Gasteiger charge is -2.05. The van der Waals surface area contributed by atoms with E-state index in [1.54, 1.807) is 6.07 Å². The van der Waals surface area contributed by atoms with Crippen molar-refractivity contribution in [3.8, 4) is 0 Å². The normalized spacial score (nSPS) is 10.2. The fraction of sp³-hybridized carbons (Fsp3) is 0.500. The van der Waals surface area contributed by atoms with Crippen LogP contribution in [0, 0.1) is 0 Å². The van der Waals surface area contributed by atoms with E-state index in [0.717, 1.165) is 18.4 Å². The zero-order chi connectivity index (χ0) is 12.5. The number of carbonyl (C=O) groups excluding carboxylic acids is 1. The minimum absolute atomic E-state index is 0.199. The first-order valence-electron chi connectivity index (χ1n) is 6.13. The molecule has 1 aromatic rings. The average Bonchev–Trinajstić information content (AvgIpc) is 2.32. The number of halogens is 1. The molecular weight excluding hydrogens is 236 g/mol. The highest BCUT2D eigenvalue weighted by atomic mass is 35.5. The summed E-state index contributed by atoms with van der Waals surface area (Å²) < 4.78 is 5.15. The molecule has 1 rings (SSSR count). The Morgan fingerprint density at radius 1 is 1.24 bits per heavy atom. The molecule has 0 atom stereocenters. The molecule has 94 valence electrons. The van der Waals surface area contributed by atoms with Crippen LogP contribution in [0.1, 0.15) is 38.2 Å². The summed E-state index contributed by atoms with van der Waals surface area (Å²) in [5.74, 6) is -0.199. The van der Waals surface area contributed by atoms with Gasteiger partial charge in [0.2, 0.25) is 0 Å². The number of rotatable bonds is 7. The molecule has 0 heterocycles. The van der Waals surface area contributed by atoms with Gasteiger partial charge in [-0.3, -0.25) is 4.79 Å². The van der Waals surface area contributed by atoms with E-state index in [0.29, 0.717) is 11.6 Å². The van der Waals surface area contributed by atoms with Crippen LogP contribution in [0.2, 0.25) is 5.02 Å². The molecule has 3 heteroatoms. The van der Waals surface area contributed by atoms with Crippen molar-refractivity contribution < 1.29 is 9.53 Å². The summed E-state index contributed by atoms with van der Waals surface area (Å²) in [7, 11) is 0. The Morgan fingerprint density at radius 3 is 2.71 bits per heavy atom. The van der Waals surface area contributed by atoms with Gasteiger partial charge in [0.15, 0.2) is 0 Å². The molecule has 0 aromatic heterocycles. The number of carbonyl (C=O) groups is 1. The molecule has 0 aliphatic carbocycles. The Bertz CT molecular complexity index is 350. The van der Waals surface area contributed by atoms with Crippen LogP contribution >= 0.6 is 11.6 Å². The highest BCUT2D eigenvalue weighted by Gasteiger charge is 2.07. The molecule has 0 aliphatic rings. The summed E-state index contributed by atoms with van der Waals surface area (Å²) in [6.45, 7) is 2.67. The van der Waals surface area contributed by atoms with Gasteiger partial charge in [0.1, 0.15) is 0 Å². The number of ether oxygens (including phenoxy) is 1. The number of esters is 1. The Labute approximate surface area is 108 Å². The third kappa shape index (κ3) is 5.73. The zero-order valence-corrected chi connectivity index (χ0v) is 11.0. The monoisotopic (exact) mass is 254 g/mol. The van der Waals surface area contributed by atoms with Crippen molar-refractivity contribution in [1.29, 1.82) is 0 Å². The minimum Gasteiger partial charge on any atom is -0.465 e. The molecule has 2 nitrogen and oxygen atoms in total. The van der Waals surface area contributed by atoms with E-state index in [-0.39, 0.29) is 12.4 Å². The van der Waals surface area contributed by atoms with Gasteiger partial charge >= 0.3 is 5.97 Å². The molecular formula is C14H19ClO2. The van der Waals surface area contributed by atoms with Crippen molar-refractivity contribution in [2.75, 3.05) is 6.61 Å². The Hall–Kier alpha value is -1.02. The average molecular weight is 255 g/mol. The predicted molar refractivity (Wildman–Crippen MR) is 70.3 cm³/mol. The predicted octanol–water partition coefficient (Wildman–Crippen LogP) is 4.01. The molecule has 0 aliphatic heterocycles. The second-order valence-corrected chi connectivity index (χ2v) is 4.46. The minimum atomic E-state index is -0.199. The smallest absolute Gasteiger partial charge is 0.310 e. The van der Waals surface area contributed by atoms with Gasteiger partial charge in [0.25, 0.3) is 0 Å². The maximum Gasteiger partial charge on any atom is 0.310 e. The lowest BCUT2D eigenvalue weighted by Crippen LogP contribution is -2.09. The van der Waals surface area contributed by atoms with E-state index in [4.69, 9.17) is 16.3 Å². The highest BCUT2D eigenvalue weighted by Crippen LogP contribution is 2.15. The summed E-state index contributed by atoms with van der Waals surface area (Å²) in [6, 6.07) is 7.35. The largest absolute Gasteiger partial charge is 0.465 e. The molecule has 0 N–H and O–H groups in total. The number of hydrogen-bond acceptors (Lipinski definition) is 2. The Morgan fingerprint density at radius 2 is 2.00 bits per heavy atom. The summed E-state index contributed by atoms with van der Waals surface area (Å²) in [6.07, 6.45) is 4.71. The first-order chi connectivity index (χ1) is 8.24. The first kappa shape index (κ1) is 14.0. The number of unbranched alkanes of at least 4 members (excludes halogenated alkanes) is 3. The molecule has 17 heavy (non-hydrogen) atoms. The summed E-state index contributed by atoms with van der Waals surface area (Å²) in [5, 5.41) is 0.621. The maximum atomic E-state index is 11.5. The van der Waals surface area contributed by atoms with Gasteiger partial charge in [0.05, 0.1) is 13.0 Å². The number of hydrogen-bond donors (Lipinski definition) is 0. The molecule has 0 fully saturated rings. The van der Waals surface area contributed by atoms with Crippen molar-refractivity contribution in [3.63, 3.8) is 0 Å². The van der Waals surface area contributed by atoms with Crippen LogP contribution < -0.4 is 0 Å². The van der Waals surface area contributed by atoms with Crippen molar-refractivity contribution in [2.24, 2.45) is 0 Å². The Balaban J connectivity index is 2.23. The van der Waals surface area contributed by atoms with Gasteiger partial charge in [-0.1, -0.05) is 56.0 Å². The van der Waals surface area contributed by atoms with Crippen LogP contribution in [0.25, 0.3) is 0 Å². The van der Waals surface area contributed by atoms with Gasteiger partial charge in [-0.05, 0) is 18.1 Å². The SMILES string of the molecule is CCCCCCOC(=O)Cc1ccccc1Cl. The second kappa shape index (κ2) is 8.13. The molecule has 0 radical (unpaired) electrons. The van der Waals surface area contributed by atoms with Gasteiger partial charge in [0, 0.05) is 5.02 Å². The standard InChI is InChI=1S/C14H19ClO2/c1-2-3-4-7-10-17-14(16)11-12-8-5-6-9-13(12)15/h5-6,8-9H,2-4,7,10-11H2,1H3. The molecule has 0 unspecified atom stereocenters. The van der Waals surface area contributed by atoms with Crippen LogP contribution in [0.3, 0.4) is 0 Å². The highest BCUT2D eigenvalue weighted by molar-refractivity contribution is 6.31. The molecule has 0 spiro atoms. The van der Waals surface area contributed by atoms with Crippen LogP contribution in [-0.4, -0.2) is 12.6 Å². The lowest BCUT2D eigenvalue weighted by molar-refractivity contribution is -0.142. The molecule has 1 aromatic carbocycles. The van der Waals surface area contributed by atoms with Gasteiger partial charge in [-0.25, -0.2) is 0 Å². The third-order valence-corrected chi connectivity index (χ3v) is 2.92. The number of benzene rings is 1. The summed E-state index contributed by atoms with van der Waals surface area (Å²) >= 11 is 5.96. The topological polar surface area (TPSA) is 26.3 Å². The zero-order valence-electron chi connectivity index (χ0n) is 10.2. The quantitative estimate of drug-likeness (QED) is 0.543. The van der Waals surface area contributed by atoms with Crippen LogP contribution in [-0.2, 0) is 16.0 Å². The second-order valence-electron chi connectivity index (χ2n) is 4.05. The Kier molecular flexibility index (Phi) is 6.71.